The lowest BCUT2D eigenvalue weighted by atomic mass is 10.0. The highest BCUT2D eigenvalue weighted by Crippen LogP contribution is 2.31. The van der Waals surface area contributed by atoms with Crippen LogP contribution in [0.15, 0.2) is 42.5 Å². The average Bonchev–Trinajstić information content (AvgIpc) is 2.77. The van der Waals surface area contributed by atoms with E-state index < -0.39 is 21.6 Å². The Morgan fingerprint density at radius 2 is 1.73 bits per heavy atom. The Morgan fingerprint density at radius 3 is 2.30 bits per heavy atom. The summed E-state index contributed by atoms with van der Waals surface area (Å²) in [6.45, 7) is 9.83. The summed E-state index contributed by atoms with van der Waals surface area (Å²) in [6.07, 6.45) is 1.80. The van der Waals surface area contributed by atoms with Crippen LogP contribution in [0.2, 0.25) is 10.0 Å². The van der Waals surface area contributed by atoms with E-state index in [-0.39, 0.29) is 48.5 Å². The molecule has 2 aromatic carbocycles. The normalized spacial score (nSPS) is 12.6. The van der Waals surface area contributed by atoms with E-state index in [0.29, 0.717) is 11.4 Å². The van der Waals surface area contributed by atoms with Crippen molar-refractivity contribution in [1.29, 1.82) is 0 Å². The second kappa shape index (κ2) is 13.0. The number of rotatable bonds is 11. The third kappa shape index (κ3) is 9.20. The maximum absolute atomic E-state index is 13.5. The van der Waals surface area contributed by atoms with Gasteiger partial charge in [-0.15, -0.1) is 0 Å². The summed E-state index contributed by atoms with van der Waals surface area (Å²) in [4.78, 5) is 28.3. The van der Waals surface area contributed by atoms with Gasteiger partial charge in [0.15, 0.2) is 0 Å². The Hall–Kier alpha value is -2.29. The van der Waals surface area contributed by atoms with Crippen LogP contribution in [0, 0.1) is 6.92 Å². The van der Waals surface area contributed by atoms with E-state index in [0.717, 1.165) is 21.7 Å². The van der Waals surface area contributed by atoms with E-state index in [2.05, 4.69) is 5.32 Å². The number of nitrogens with one attached hydrogen (secondary N) is 1. The predicted octanol–water partition coefficient (Wildman–Crippen LogP) is 5.57. The smallest absolute Gasteiger partial charge is 0.243 e. The highest BCUT2D eigenvalue weighted by atomic mass is 35.5. The number of amides is 2. The molecule has 0 spiro atoms. The zero-order valence-electron chi connectivity index (χ0n) is 22.3. The molecule has 7 nitrogen and oxygen atoms in total. The molecule has 0 heterocycles. The van der Waals surface area contributed by atoms with Gasteiger partial charge in [-0.2, -0.15) is 0 Å². The minimum atomic E-state index is -3.68. The molecule has 37 heavy (non-hydrogen) atoms. The van der Waals surface area contributed by atoms with Gasteiger partial charge in [-0.3, -0.25) is 13.9 Å². The molecule has 0 aliphatic heterocycles. The van der Waals surface area contributed by atoms with Crippen molar-refractivity contribution in [2.24, 2.45) is 0 Å². The minimum Gasteiger partial charge on any atom is -0.350 e. The van der Waals surface area contributed by atoms with Crippen molar-refractivity contribution in [3.63, 3.8) is 0 Å². The highest BCUT2D eigenvalue weighted by molar-refractivity contribution is 7.92. The molecule has 2 aromatic rings. The summed E-state index contributed by atoms with van der Waals surface area (Å²) >= 11 is 12.3. The van der Waals surface area contributed by atoms with Crippen molar-refractivity contribution in [3.8, 4) is 0 Å². The molecule has 0 saturated heterocycles. The summed E-state index contributed by atoms with van der Waals surface area (Å²) in [5.74, 6) is -0.454. The summed E-state index contributed by atoms with van der Waals surface area (Å²) in [6, 6.07) is 11.7. The first-order valence-corrected chi connectivity index (χ1v) is 14.8. The first-order valence-electron chi connectivity index (χ1n) is 12.2. The number of hydrogen-bond donors (Lipinski definition) is 1. The summed E-state index contributed by atoms with van der Waals surface area (Å²) in [5.41, 5.74) is 1.78. The van der Waals surface area contributed by atoms with Crippen LogP contribution < -0.4 is 9.62 Å². The lowest BCUT2D eigenvalue weighted by Gasteiger charge is -2.33. The highest BCUT2D eigenvalue weighted by Gasteiger charge is 2.31. The number of anilines is 1. The Balaban J connectivity index is 2.29. The minimum absolute atomic E-state index is 0.0355. The van der Waals surface area contributed by atoms with Crippen LogP contribution in [0.1, 0.15) is 58.1 Å². The summed E-state index contributed by atoms with van der Waals surface area (Å²) < 4.78 is 26.2. The fourth-order valence-electron chi connectivity index (χ4n) is 4.00. The Morgan fingerprint density at radius 1 is 1.08 bits per heavy atom. The molecule has 0 bridgehead atoms. The standard InChI is InChI=1S/C27H37Cl2N3O4S/c1-7-23(26(34)30-27(3,4)5)31(18-20-12-9-8-11-19(20)2)25(33)13-10-16-32(37(6,35)36)24-17-21(28)14-15-22(24)29/h8-9,11-12,14-15,17,23H,7,10,13,16,18H2,1-6H3,(H,30,34)/t23-/m0/s1. The van der Waals surface area contributed by atoms with Gasteiger partial charge in [-0.1, -0.05) is 54.4 Å². The van der Waals surface area contributed by atoms with Crippen LogP contribution in [0.4, 0.5) is 5.69 Å². The number of sulfonamides is 1. The number of benzene rings is 2. The number of aryl methyl sites for hydroxylation is 1. The van der Waals surface area contributed by atoms with E-state index in [9.17, 15) is 18.0 Å². The molecule has 0 aromatic heterocycles. The first kappa shape index (κ1) is 30.9. The van der Waals surface area contributed by atoms with Crippen LogP contribution in [0.3, 0.4) is 0 Å². The zero-order valence-corrected chi connectivity index (χ0v) is 24.7. The summed E-state index contributed by atoms with van der Waals surface area (Å²) in [7, 11) is -3.68. The number of carbonyl (C=O) groups is 2. The largest absolute Gasteiger partial charge is 0.350 e. The van der Waals surface area contributed by atoms with E-state index in [1.807, 2.05) is 58.9 Å². The molecule has 0 aliphatic carbocycles. The monoisotopic (exact) mass is 569 g/mol. The molecule has 204 valence electrons. The molecule has 2 amide bonds. The summed E-state index contributed by atoms with van der Waals surface area (Å²) in [5, 5.41) is 3.58. The lowest BCUT2D eigenvalue weighted by Crippen LogP contribution is -2.53. The van der Waals surface area contributed by atoms with Crippen LogP contribution in [0.25, 0.3) is 0 Å². The molecular formula is C27H37Cl2N3O4S. The number of carbonyl (C=O) groups excluding carboxylic acids is 2. The molecule has 0 fully saturated rings. The van der Waals surface area contributed by atoms with Crippen molar-refractivity contribution in [3.05, 3.63) is 63.6 Å². The number of halogens is 2. The van der Waals surface area contributed by atoms with Gasteiger partial charge in [0.25, 0.3) is 0 Å². The Kier molecular flexibility index (Phi) is 10.9. The van der Waals surface area contributed by atoms with Gasteiger partial charge in [-0.05, 0) is 69.9 Å². The van der Waals surface area contributed by atoms with E-state index >= 15 is 0 Å². The van der Waals surface area contributed by atoms with Crippen molar-refractivity contribution in [2.45, 2.75) is 72.0 Å². The second-order valence-electron chi connectivity index (χ2n) is 10.1. The lowest BCUT2D eigenvalue weighted by molar-refractivity contribution is -0.142. The van der Waals surface area contributed by atoms with Gasteiger partial charge in [0.1, 0.15) is 6.04 Å². The fourth-order valence-corrected chi connectivity index (χ4v) is 5.41. The van der Waals surface area contributed by atoms with Gasteiger partial charge in [0.2, 0.25) is 21.8 Å². The third-order valence-electron chi connectivity index (χ3n) is 5.82. The predicted molar refractivity (Wildman–Crippen MR) is 152 cm³/mol. The van der Waals surface area contributed by atoms with Gasteiger partial charge >= 0.3 is 0 Å². The van der Waals surface area contributed by atoms with E-state index in [1.54, 1.807) is 11.0 Å². The average molecular weight is 571 g/mol. The fraction of sp³-hybridized carbons (Fsp3) is 0.481. The quantitative estimate of drug-likeness (QED) is 0.383. The van der Waals surface area contributed by atoms with Crippen LogP contribution >= 0.6 is 23.2 Å². The first-order chi connectivity index (χ1) is 17.1. The molecule has 10 heteroatoms. The van der Waals surface area contributed by atoms with E-state index in [1.165, 1.54) is 12.1 Å². The molecule has 2 rings (SSSR count). The molecule has 0 unspecified atom stereocenters. The third-order valence-corrected chi connectivity index (χ3v) is 7.55. The Labute approximate surface area is 231 Å². The zero-order chi connectivity index (χ0) is 28.0. The van der Waals surface area contributed by atoms with Gasteiger partial charge in [-0.25, -0.2) is 8.42 Å². The van der Waals surface area contributed by atoms with Crippen molar-refractivity contribution in [1.82, 2.24) is 10.2 Å². The Bertz CT molecular complexity index is 1210. The molecule has 1 N–H and O–H groups in total. The number of nitrogens with zero attached hydrogens (tertiary/aromatic N) is 2. The van der Waals surface area contributed by atoms with Gasteiger partial charge in [0.05, 0.1) is 17.0 Å². The van der Waals surface area contributed by atoms with Gasteiger partial charge < -0.3 is 10.2 Å². The maximum Gasteiger partial charge on any atom is 0.243 e. The SMILES string of the molecule is CC[C@@H](C(=O)NC(C)(C)C)N(Cc1ccccc1C)C(=O)CCCN(c1cc(Cl)ccc1Cl)S(C)(=O)=O. The van der Waals surface area contributed by atoms with Crippen LogP contribution in [-0.2, 0) is 26.2 Å². The number of hydrogen-bond acceptors (Lipinski definition) is 4. The van der Waals surface area contributed by atoms with Crippen LogP contribution in [-0.4, -0.2) is 49.5 Å². The second-order valence-corrected chi connectivity index (χ2v) is 12.9. The van der Waals surface area contributed by atoms with Crippen molar-refractivity contribution >= 4 is 50.7 Å². The maximum atomic E-state index is 13.5. The van der Waals surface area contributed by atoms with Crippen molar-refractivity contribution < 1.29 is 18.0 Å². The topological polar surface area (TPSA) is 86.8 Å². The molecule has 1 atom stereocenters. The van der Waals surface area contributed by atoms with E-state index in [4.69, 9.17) is 23.2 Å². The molecule has 0 saturated carbocycles. The van der Waals surface area contributed by atoms with Crippen molar-refractivity contribution in [2.75, 3.05) is 17.1 Å². The molecular weight excluding hydrogens is 533 g/mol. The molecule has 0 radical (unpaired) electrons. The van der Waals surface area contributed by atoms with Gasteiger partial charge in [0, 0.05) is 30.1 Å². The van der Waals surface area contributed by atoms with Crippen LogP contribution in [0.5, 0.6) is 0 Å². The molecule has 0 aliphatic rings.